The van der Waals surface area contributed by atoms with Crippen LogP contribution in [-0.4, -0.2) is 25.8 Å². The normalized spacial score (nSPS) is 10.9. The van der Waals surface area contributed by atoms with Crippen molar-refractivity contribution >= 4 is 17.0 Å². The number of carbonyl (C=O) groups is 1. The van der Waals surface area contributed by atoms with E-state index in [2.05, 4.69) is 9.97 Å². The molecule has 0 fully saturated rings. The van der Waals surface area contributed by atoms with Crippen molar-refractivity contribution < 1.29 is 27.9 Å². The number of nitrogens with zero attached hydrogens (tertiary/aromatic N) is 4. The molecule has 3 aromatic carbocycles. The van der Waals surface area contributed by atoms with E-state index in [9.17, 15) is 18.1 Å². The average Bonchev–Trinajstić information content (AvgIpc) is 3.23. The van der Waals surface area contributed by atoms with Crippen LogP contribution in [0.2, 0.25) is 0 Å². The van der Waals surface area contributed by atoms with Gasteiger partial charge in [-0.3, -0.25) is 0 Å². The standard InChI is InChI=1S/C28H17F3N4O3/c29-21-10-16(14-32)4-5-20(21)15-38-27-3-1-2-23(34-27)18-7-6-17(22(30)11-18)13-26-33-24-9-8-19(28(36)37)12-25(24)35(26)31/h1-12H,13,15H2,(H,36,37). The molecule has 10 heteroatoms. The highest BCUT2D eigenvalue weighted by Crippen LogP contribution is 2.26. The summed E-state index contributed by atoms with van der Waals surface area (Å²) in [5, 5.41) is 18.0. The van der Waals surface area contributed by atoms with E-state index < -0.39 is 17.6 Å². The Balaban J connectivity index is 1.34. The molecule has 0 saturated heterocycles. The van der Waals surface area contributed by atoms with Crippen molar-refractivity contribution in [2.45, 2.75) is 13.0 Å². The van der Waals surface area contributed by atoms with E-state index in [1.165, 1.54) is 42.5 Å². The van der Waals surface area contributed by atoms with Crippen molar-refractivity contribution in [1.29, 1.82) is 5.26 Å². The molecule has 0 saturated carbocycles. The molecule has 7 nitrogen and oxygen atoms in total. The van der Waals surface area contributed by atoms with Gasteiger partial charge >= 0.3 is 5.97 Å². The molecule has 5 aromatic rings. The first-order chi connectivity index (χ1) is 18.3. The number of hydrogen-bond donors (Lipinski definition) is 1. The second kappa shape index (κ2) is 10.1. The van der Waals surface area contributed by atoms with Crippen LogP contribution in [0.3, 0.4) is 0 Å². The lowest BCUT2D eigenvalue weighted by Crippen LogP contribution is -2.01. The fourth-order valence-corrected chi connectivity index (χ4v) is 3.90. The predicted octanol–water partition coefficient (Wildman–Crippen LogP) is 5.85. The third-order valence-corrected chi connectivity index (χ3v) is 5.89. The molecule has 5 rings (SSSR count). The van der Waals surface area contributed by atoms with Gasteiger partial charge in [0.05, 0.1) is 28.4 Å². The van der Waals surface area contributed by atoms with Crippen LogP contribution in [-0.2, 0) is 13.0 Å². The van der Waals surface area contributed by atoms with E-state index in [0.717, 1.165) is 6.07 Å². The average molecular weight is 514 g/mol. The Morgan fingerprint density at radius 2 is 1.76 bits per heavy atom. The maximum atomic E-state index is 15.0. The van der Waals surface area contributed by atoms with Crippen LogP contribution in [0.25, 0.3) is 22.3 Å². The molecule has 188 valence electrons. The number of fused-ring (bicyclic) bond motifs is 1. The minimum absolute atomic E-state index is 0.0150. The van der Waals surface area contributed by atoms with Gasteiger partial charge in [0.1, 0.15) is 29.6 Å². The topological polar surface area (TPSA) is 101 Å². The molecule has 0 bridgehead atoms. The summed E-state index contributed by atoms with van der Waals surface area (Å²) in [6, 6.07) is 19.1. The van der Waals surface area contributed by atoms with Gasteiger partial charge in [0.2, 0.25) is 5.88 Å². The highest BCUT2D eigenvalue weighted by molar-refractivity contribution is 5.92. The fraction of sp³-hybridized carbons (Fsp3) is 0.0714. The number of benzene rings is 3. The van der Waals surface area contributed by atoms with Crippen LogP contribution in [0.4, 0.5) is 13.3 Å². The summed E-state index contributed by atoms with van der Waals surface area (Å²) >= 11 is 0. The minimum atomic E-state index is -1.19. The van der Waals surface area contributed by atoms with E-state index in [1.54, 1.807) is 24.3 Å². The second-order valence-electron chi connectivity index (χ2n) is 8.37. The van der Waals surface area contributed by atoms with E-state index in [-0.39, 0.29) is 62.8 Å². The lowest BCUT2D eigenvalue weighted by atomic mass is 10.1. The highest BCUT2D eigenvalue weighted by atomic mass is 19.2. The molecule has 0 unspecified atom stereocenters. The van der Waals surface area contributed by atoms with Gasteiger partial charge in [-0.25, -0.2) is 23.5 Å². The molecule has 2 heterocycles. The van der Waals surface area contributed by atoms with Gasteiger partial charge in [-0.2, -0.15) is 10.1 Å². The number of aromatic carboxylic acids is 1. The maximum Gasteiger partial charge on any atom is 0.335 e. The van der Waals surface area contributed by atoms with Gasteiger partial charge in [0, 0.05) is 23.6 Å². The molecule has 0 aliphatic carbocycles. The van der Waals surface area contributed by atoms with Crippen LogP contribution in [0.15, 0.2) is 72.8 Å². The molecule has 2 aromatic heterocycles. The number of imidazole rings is 1. The quantitative estimate of drug-likeness (QED) is 0.293. The Labute approximate surface area is 213 Å². The van der Waals surface area contributed by atoms with E-state index in [4.69, 9.17) is 15.1 Å². The monoisotopic (exact) mass is 514 g/mol. The lowest BCUT2D eigenvalue weighted by molar-refractivity contribution is 0.0697. The highest BCUT2D eigenvalue weighted by Gasteiger charge is 2.16. The minimum Gasteiger partial charge on any atom is -0.478 e. The molecular weight excluding hydrogens is 497 g/mol. The number of carboxylic acids is 1. The largest absolute Gasteiger partial charge is 0.478 e. The van der Waals surface area contributed by atoms with Crippen LogP contribution < -0.4 is 4.74 Å². The maximum absolute atomic E-state index is 15.0. The number of hydrogen-bond acceptors (Lipinski definition) is 5. The molecule has 0 amide bonds. The summed E-state index contributed by atoms with van der Waals surface area (Å²) in [6.07, 6.45) is -0.160. The summed E-state index contributed by atoms with van der Waals surface area (Å²) < 4.78 is 49.5. The first kappa shape index (κ1) is 24.5. The number of halogens is 3. The molecule has 0 atom stereocenters. The molecule has 0 radical (unpaired) electrons. The Hall–Kier alpha value is -5.17. The van der Waals surface area contributed by atoms with Gasteiger partial charge in [0.25, 0.3) is 0 Å². The third-order valence-electron chi connectivity index (χ3n) is 5.89. The van der Waals surface area contributed by atoms with Crippen LogP contribution >= 0.6 is 0 Å². The number of rotatable bonds is 7. The van der Waals surface area contributed by atoms with Gasteiger partial charge in [-0.1, -0.05) is 28.7 Å². The van der Waals surface area contributed by atoms with Gasteiger partial charge in [0.15, 0.2) is 0 Å². The summed E-state index contributed by atoms with van der Waals surface area (Å²) in [4.78, 5) is 19.9. The molecule has 38 heavy (non-hydrogen) atoms. The Morgan fingerprint density at radius 1 is 0.974 bits per heavy atom. The molecule has 0 spiro atoms. The Bertz CT molecular complexity index is 1740. The second-order valence-corrected chi connectivity index (χ2v) is 8.37. The van der Waals surface area contributed by atoms with Crippen molar-refractivity contribution in [2.75, 3.05) is 0 Å². The van der Waals surface area contributed by atoms with Crippen molar-refractivity contribution in [1.82, 2.24) is 14.8 Å². The van der Waals surface area contributed by atoms with Crippen LogP contribution in [0.1, 0.15) is 32.9 Å². The van der Waals surface area contributed by atoms with Crippen molar-refractivity contribution in [2.24, 2.45) is 0 Å². The number of ether oxygens (including phenoxy) is 1. The number of nitriles is 1. The molecule has 1 N–H and O–H groups in total. The number of aromatic nitrogens is 3. The van der Waals surface area contributed by atoms with Crippen molar-refractivity contribution in [3.8, 4) is 23.2 Å². The predicted molar refractivity (Wildman–Crippen MR) is 131 cm³/mol. The zero-order chi connectivity index (χ0) is 26.8. The fourth-order valence-electron chi connectivity index (χ4n) is 3.90. The van der Waals surface area contributed by atoms with E-state index in [1.807, 2.05) is 6.07 Å². The molecular formula is C28H17F3N4O3. The number of pyridine rings is 1. The summed E-state index contributed by atoms with van der Waals surface area (Å²) in [5.41, 5.74) is 1.65. The Morgan fingerprint density at radius 3 is 2.50 bits per heavy atom. The lowest BCUT2D eigenvalue weighted by Gasteiger charge is -2.09. The number of carboxylic acid groups (broad SMARTS) is 1. The zero-order valence-electron chi connectivity index (χ0n) is 19.5. The van der Waals surface area contributed by atoms with Crippen LogP contribution in [0.5, 0.6) is 5.88 Å². The zero-order valence-corrected chi connectivity index (χ0v) is 19.5. The van der Waals surface area contributed by atoms with Crippen LogP contribution in [0, 0.1) is 23.0 Å². The van der Waals surface area contributed by atoms with Crippen molar-refractivity contribution in [3.05, 3.63) is 113 Å². The Kier molecular flexibility index (Phi) is 6.49. The SMILES string of the molecule is N#Cc1ccc(COc2cccc(-c3ccc(Cc4nc5ccc(C(=O)O)cc5n4F)c(F)c3)n2)c(F)c1. The van der Waals surface area contributed by atoms with E-state index >= 15 is 0 Å². The van der Waals surface area contributed by atoms with Gasteiger partial charge < -0.3 is 9.84 Å². The van der Waals surface area contributed by atoms with Gasteiger partial charge in [-0.05, 0) is 48.0 Å². The van der Waals surface area contributed by atoms with Crippen molar-refractivity contribution in [3.63, 3.8) is 0 Å². The summed E-state index contributed by atoms with van der Waals surface area (Å²) in [5.74, 6) is -2.24. The van der Waals surface area contributed by atoms with E-state index in [0.29, 0.717) is 11.3 Å². The summed E-state index contributed by atoms with van der Waals surface area (Å²) in [7, 11) is 0. The first-order valence-corrected chi connectivity index (χ1v) is 11.3. The smallest absolute Gasteiger partial charge is 0.335 e. The third kappa shape index (κ3) is 4.90. The van der Waals surface area contributed by atoms with Gasteiger partial charge in [-0.15, -0.1) is 0 Å². The summed E-state index contributed by atoms with van der Waals surface area (Å²) in [6.45, 7) is -0.112. The molecule has 0 aliphatic heterocycles. The first-order valence-electron chi connectivity index (χ1n) is 11.3. The molecule has 0 aliphatic rings.